The first-order valence-corrected chi connectivity index (χ1v) is 6.72. The largest absolute Gasteiger partial charge is 0.506 e. The van der Waals surface area contributed by atoms with E-state index in [1.54, 1.807) is 0 Å². The molecule has 3 rings (SSSR count). The van der Waals surface area contributed by atoms with Gasteiger partial charge in [-0.05, 0) is 30.3 Å². The van der Waals surface area contributed by atoms with Crippen LogP contribution in [0.4, 0.5) is 10.1 Å². The molecule has 4 N–H and O–H groups in total. The van der Waals surface area contributed by atoms with Crippen molar-refractivity contribution in [1.82, 2.24) is 5.32 Å². The van der Waals surface area contributed by atoms with E-state index in [9.17, 15) is 14.3 Å². The van der Waals surface area contributed by atoms with Crippen LogP contribution < -0.4 is 10.8 Å². The minimum atomic E-state index is -0.410. The normalized spacial score (nSPS) is 10.7. The van der Waals surface area contributed by atoms with Gasteiger partial charge in [0.05, 0.1) is 5.56 Å². The molecule has 23 heavy (non-hydrogen) atoms. The van der Waals surface area contributed by atoms with E-state index in [-0.39, 0.29) is 28.3 Å². The van der Waals surface area contributed by atoms with Crippen molar-refractivity contribution in [3.05, 3.63) is 47.8 Å². The fourth-order valence-corrected chi connectivity index (χ4v) is 2.38. The van der Waals surface area contributed by atoms with E-state index in [1.807, 2.05) is 5.48 Å². The second-order valence-corrected chi connectivity index (χ2v) is 4.87. The molecule has 0 aliphatic heterocycles. The number of furan rings is 1. The van der Waals surface area contributed by atoms with Gasteiger partial charge in [-0.25, -0.2) is 4.39 Å². The highest BCUT2D eigenvalue weighted by molar-refractivity contribution is 6.11. The summed E-state index contributed by atoms with van der Waals surface area (Å²) in [7, 11) is 1.47. The molecular formula is C16H13FN2O4. The average Bonchev–Trinajstić information content (AvgIpc) is 2.92. The van der Waals surface area contributed by atoms with Gasteiger partial charge >= 0.3 is 0 Å². The lowest BCUT2D eigenvalue weighted by Gasteiger charge is -2.03. The number of fused-ring (bicyclic) bond motifs is 1. The first-order chi connectivity index (χ1) is 11.0. The average molecular weight is 316 g/mol. The maximum atomic E-state index is 13.1. The molecule has 0 spiro atoms. The first-order valence-electron chi connectivity index (χ1n) is 6.72. The topological polar surface area (TPSA) is 94.7 Å². The van der Waals surface area contributed by atoms with Crippen LogP contribution in [-0.4, -0.2) is 23.3 Å². The highest BCUT2D eigenvalue weighted by atomic mass is 19.1. The number of aromatic hydroxyl groups is 1. The highest BCUT2D eigenvalue weighted by Crippen LogP contribution is 2.38. The number of hydrogen-bond donors (Lipinski definition) is 4. The molecule has 0 unspecified atom stereocenters. The Balaban J connectivity index is 2.31. The van der Waals surface area contributed by atoms with Crippen LogP contribution in [-0.2, 0) is 0 Å². The molecule has 0 atom stereocenters. The van der Waals surface area contributed by atoms with Gasteiger partial charge in [-0.3, -0.25) is 15.5 Å². The molecular weight excluding hydrogens is 303 g/mol. The lowest BCUT2D eigenvalue weighted by molar-refractivity contribution is 0.0964. The molecule has 1 heterocycles. The zero-order valence-corrected chi connectivity index (χ0v) is 12.1. The number of rotatable bonds is 3. The Morgan fingerprint density at radius 1 is 1.22 bits per heavy atom. The van der Waals surface area contributed by atoms with Gasteiger partial charge in [0.2, 0.25) is 0 Å². The Labute approximate surface area is 130 Å². The monoisotopic (exact) mass is 316 g/mol. The van der Waals surface area contributed by atoms with Crippen LogP contribution in [0.1, 0.15) is 10.4 Å². The fraction of sp³-hybridized carbons (Fsp3) is 0.0625. The lowest BCUT2D eigenvalue weighted by atomic mass is 10.0. The Kier molecular flexibility index (Phi) is 3.63. The van der Waals surface area contributed by atoms with Crippen LogP contribution >= 0.6 is 0 Å². The maximum absolute atomic E-state index is 13.1. The quantitative estimate of drug-likeness (QED) is 0.440. The summed E-state index contributed by atoms with van der Waals surface area (Å²) >= 11 is 0. The third-order valence-corrected chi connectivity index (χ3v) is 3.49. The molecule has 2 aromatic carbocycles. The molecule has 1 amide bonds. The predicted octanol–water partition coefficient (Wildman–Crippen LogP) is 3.11. The smallest absolute Gasteiger partial charge is 0.255 e. The Morgan fingerprint density at radius 2 is 1.91 bits per heavy atom. The van der Waals surface area contributed by atoms with Crippen LogP contribution in [0.3, 0.4) is 0 Å². The van der Waals surface area contributed by atoms with E-state index in [4.69, 9.17) is 9.62 Å². The molecule has 3 aromatic rings. The number of anilines is 1. The van der Waals surface area contributed by atoms with Crippen molar-refractivity contribution in [2.75, 3.05) is 12.5 Å². The van der Waals surface area contributed by atoms with E-state index in [1.165, 1.54) is 43.4 Å². The molecule has 0 saturated heterocycles. The summed E-state index contributed by atoms with van der Waals surface area (Å²) < 4.78 is 18.8. The summed E-state index contributed by atoms with van der Waals surface area (Å²) in [6, 6.07) is 8.18. The lowest BCUT2D eigenvalue weighted by Crippen LogP contribution is -2.18. The Morgan fingerprint density at radius 3 is 2.52 bits per heavy atom. The molecule has 0 aliphatic carbocycles. The van der Waals surface area contributed by atoms with Crippen molar-refractivity contribution in [1.29, 1.82) is 0 Å². The van der Waals surface area contributed by atoms with Gasteiger partial charge in [0, 0.05) is 24.1 Å². The summed E-state index contributed by atoms with van der Waals surface area (Å²) in [5.74, 6) is -0.812. The predicted molar refractivity (Wildman–Crippen MR) is 82.1 cm³/mol. The molecule has 1 aromatic heterocycles. The third kappa shape index (κ3) is 2.47. The number of phenols is 1. The number of carbonyl (C=O) groups excluding carboxylic acids is 1. The molecule has 0 fully saturated rings. The summed E-state index contributed by atoms with van der Waals surface area (Å²) in [5.41, 5.74) is 2.91. The highest BCUT2D eigenvalue weighted by Gasteiger charge is 2.22. The third-order valence-electron chi connectivity index (χ3n) is 3.49. The van der Waals surface area contributed by atoms with E-state index in [0.717, 1.165) is 0 Å². The van der Waals surface area contributed by atoms with E-state index >= 15 is 0 Å². The number of hydrogen-bond acceptors (Lipinski definition) is 5. The summed E-state index contributed by atoms with van der Waals surface area (Å²) in [5, 5.41) is 21.7. The van der Waals surface area contributed by atoms with Crippen LogP contribution in [0.2, 0.25) is 0 Å². The number of benzene rings is 2. The number of carbonyl (C=O) groups is 1. The fourth-order valence-electron chi connectivity index (χ4n) is 2.38. The van der Waals surface area contributed by atoms with Gasteiger partial charge in [-0.1, -0.05) is 0 Å². The second-order valence-electron chi connectivity index (χ2n) is 4.87. The summed E-state index contributed by atoms with van der Waals surface area (Å²) in [4.78, 5) is 12.2. The Bertz CT molecular complexity index is 887. The Hall–Kier alpha value is -3.06. The standard InChI is InChI=1S/C16H13FN2O4/c1-18-16(21)14-10-6-12(20)11(19-22)7-13(10)23-15(14)8-2-4-9(17)5-3-8/h2-7,19-20,22H,1H3,(H,18,21). The molecule has 0 saturated carbocycles. The van der Waals surface area contributed by atoms with E-state index < -0.39 is 11.7 Å². The van der Waals surface area contributed by atoms with E-state index in [2.05, 4.69) is 5.32 Å². The van der Waals surface area contributed by atoms with Crippen molar-refractivity contribution < 1.29 is 23.9 Å². The SMILES string of the molecule is CNC(=O)c1c(-c2ccc(F)cc2)oc2cc(NO)c(O)cc12. The van der Waals surface area contributed by atoms with Crippen LogP contribution in [0.25, 0.3) is 22.3 Å². The van der Waals surface area contributed by atoms with E-state index in [0.29, 0.717) is 10.9 Å². The number of nitrogens with one attached hydrogen (secondary N) is 2. The van der Waals surface area contributed by atoms with Crippen LogP contribution in [0, 0.1) is 5.82 Å². The first kappa shape index (κ1) is 14.9. The zero-order chi connectivity index (χ0) is 16.6. The number of phenolic OH excluding ortho intramolecular Hbond substituents is 1. The molecule has 118 valence electrons. The van der Waals surface area contributed by atoms with Crippen LogP contribution in [0.15, 0.2) is 40.8 Å². The molecule has 0 bridgehead atoms. The molecule has 0 aliphatic rings. The minimum Gasteiger partial charge on any atom is -0.506 e. The maximum Gasteiger partial charge on any atom is 0.255 e. The van der Waals surface area contributed by atoms with Gasteiger partial charge in [-0.15, -0.1) is 0 Å². The van der Waals surface area contributed by atoms with Crippen molar-refractivity contribution in [3.63, 3.8) is 0 Å². The molecule has 0 radical (unpaired) electrons. The van der Waals surface area contributed by atoms with Crippen molar-refractivity contribution >= 4 is 22.6 Å². The summed E-state index contributed by atoms with van der Waals surface area (Å²) in [6.07, 6.45) is 0. The second kappa shape index (κ2) is 5.62. The van der Waals surface area contributed by atoms with Gasteiger partial charge in [-0.2, -0.15) is 0 Å². The summed E-state index contributed by atoms with van der Waals surface area (Å²) in [6.45, 7) is 0. The van der Waals surface area contributed by atoms with Gasteiger partial charge in [0.1, 0.15) is 28.6 Å². The molecule has 7 heteroatoms. The van der Waals surface area contributed by atoms with Crippen molar-refractivity contribution in [2.45, 2.75) is 0 Å². The number of amides is 1. The van der Waals surface area contributed by atoms with Crippen molar-refractivity contribution in [2.24, 2.45) is 0 Å². The zero-order valence-electron chi connectivity index (χ0n) is 12.1. The van der Waals surface area contributed by atoms with Crippen LogP contribution in [0.5, 0.6) is 5.75 Å². The van der Waals surface area contributed by atoms with Gasteiger partial charge in [0.25, 0.3) is 5.91 Å². The molecule has 6 nitrogen and oxygen atoms in total. The van der Waals surface area contributed by atoms with Gasteiger partial charge in [0.15, 0.2) is 0 Å². The minimum absolute atomic E-state index is 0.0420. The van der Waals surface area contributed by atoms with Crippen molar-refractivity contribution in [3.8, 4) is 17.1 Å². The van der Waals surface area contributed by atoms with Gasteiger partial charge < -0.3 is 14.8 Å². The number of halogens is 1.